The zero-order valence-electron chi connectivity index (χ0n) is 8.59. The molecule has 1 aromatic rings. The molecular weight excluding hydrogens is 156 g/mol. The average Bonchev–Trinajstić information content (AvgIpc) is 2.17. The Balaban J connectivity index is 2.47. The van der Waals surface area contributed by atoms with E-state index in [-0.39, 0.29) is 0 Å². The topological polar surface area (TPSA) is 0 Å². The summed E-state index contributed by atoms with van der Waals surface area (Å²) in [6.45, 7) is 4.44. The molecule has 0 saturated carbocycles. The Morgan fingerprint density at radius 3 is 2.54 bits per heavy atom. The summed E-state index contributed by atoms with van der Waals surface area (Å²) in [5.41, 5.74) is 2.91. The molecule has 0 unspecified atom stereocenters. The second-order valence-electron chi connectivity index (χ2n) is 3.49. The zero-order valence-corrected chi connectivity index (χ0v) is 8.59. The van der Waals surface area contributed by atoms with Gasteiger partial charge >= 0.3 is 0 Å². The fourth-order valence-electron chi connectivity index (χ4n) is 1.40. The molecule has 70 valence electrons. The molecule has 0 heterocycles. The molecule has 13 heavy (non-hydrogen) atoms. The Labute approximate surface area is 81.3 Å². The summed E-state index contributed by atoms with van der Waals surface area (Å²) < 4.78 is 0. The molecule has 0 aliphatic rings. The van der Waals surface area contributed by atoms with Gasteiger partial charge in [-0.25, -0.2) is 0 Å². The van der Waals surface area contributed by atoms with E-state index in [1.54, 1.807) is 0 Å². The van der Waals surface area contributed by atoms with Crippen LogP contribution in [0.1, 0.15) is 32.3 Å². The van der Waals surface area contributed by atoms with Crippen molar-refractivity contribution in [3.8, 4) is 0 Å². The minimum Gasteiger partial charge on any atom is -0.0812 e. The van der Waals surface area contributed by atoms with E-state index in [4.69, 9.17) is 0 Å². The first-order valence-corrected chi connectivity index (χ1v) is 5.02. The molecule has 0 aliphatic carbocycles. The molecule has 0 radical (unpaired) electrons. The number of hydrogen-bond acceptors (Lipinski definition) is 0. The van der Waals surface area contributed by atoms with Crippen molar-refractivity contribution in [3.05, 3.63) is 47.5 Å². The molecule has 0 bridgehead atoms. The summed E-state index contributed by atoms with van der Waals surface area (Å²) in [5, 5.41) is 0. The maximum absolute atomic E-state index is 2.33. The van der Waals surface area contributed by atoms with Gasteiger partial charge in [-0.1, -0.05) is 55.3 Å². The van der Waals surface area contributed by atoms with Crippen LogP contribution in [0.25, 0.3) is 0 Å². The van der Waals surface area contributed by atoms with Crippen LogP contribution in [0.4, 0.5) is 0 Å². The van der Waals surface area contributed by atoms with E-state index >= 15 is 0 Å². The molecule has 0 N–H and O–H groups in total. The molecule has 0 amide bonds. The maximum atomic E-state index is 2.33. The van der Waals surface area contributed by atoms with Crippen molar-refractivity contribution in [3.63, 3.8) is 0 Å². The monoisotopic (exact) mass is 174 g/mol. The lowest BCUT2D eigenvalue weighted by molar-refractivity contribution is 0.898. The van der Waals surface area contributed by atoms with Crippen LogP contribution in [-0.2, 0) is 6.42 Å². The van der Waals surface area contributed by atoms with E-state index in [1.165, 1.54) is 24.0 Å². The Hall–Kier alpha value is -1.04. The van der Waals surface area contributed by atoms with Crippen molar-refractivity contribution in [2.75, 3.05) is 0 Å². The van der Waals surface area contributed by atoms with Crippen molar-refractivity contribution in [1.29, 1.82) is 0 Å². The highest BCUT2D eigenvalue weighted by atomic mass is 14.0. The molecule has 1 rings (SSSR count). The SMILES string of the molecule is CCC/C(C)=C\Cc1ccccc1. The second kappa shape index (κ2) is 5.58. The number of allylic oxidation sites excluding steroid dienone is 2. The van der Waals surface area contributed by atoms with Crippen LogP contribution >= 0.6 is 0 Å². The van der Waals surface area contributed by atoms with Crippen molar-refractivity contribution in [1.82, 2.24) is 0 Å². The standard InChI is InChI=1S/C13H18/c1-3-7-12(2)10-11-13-8-5-4-6-9-13/h4-6,8-10H,3,7,11H2,1-2H3/b12-10-. The fraction of sp³-hybridized carbons (Fsp3) is 0.385. The van der Waals surface area contributed by atoms with Gasteiger partial charge in [-0.2, -0.15) is 0 Å². The van der Waals surface area contributed by atoms with Crippen LogP contribution in [0, 0.1) is 0 Å². The van der Waals surface area contributed by atoms with Crippen LogP contribution in [0.2, 0.25) is 0 Å². The molecule has 0 nitrogen and oxygen atoms in total. The Morgan fingerprint density at radius 2 is 1.92 bits per heavy atom. The molecule has 0 saturated heterocycles. The van der Waals surface area contributed by atoms with Gasteiger partial charge in [-0.15, -0.1) is 0 Å². The van der Waals surface area contributed by atoms with E-state index in [0.717, 1.165) is 6.42 Å². The molecule has 0 aromatic heterocycles. The second-order valence-corrected chi connectivity index (χ2v) is 3.49. The predicted octanol–water partition coefficient (Wildman–Crippen LogP) is 3.98. The molecule has 0 aliphatic heterocycles. The minimum atomic E-state index is 1.08. The van der Waals surface area contributed by atoms with E-state index < -0.39 is 0 Å². The summed E-state index contributed by atoms with van der Waals surface area (Å²) in [6.07, 6.45) is 5.88. The lowest BCUT2D eigenvalue weighted by atomic mass is 10.1. The first-order valence-electron chi connectivity index (χ1n) is 5.02. The number of benzene rings is 1. The molecular formula is C13H18. The van der Waals surface area contributed by atoms with E-state index in [0.29, 0.717) is 0 Å². The predicted molar refractivity (Wildman–Crippen MR) is 58.8 cm³/mol. The highest BCUT2D eigenvalue weighted by Crippen LogP contribution is 2.06. The summed E-state index contributed by atoms with van der Waals surface area (Å²) in [5.74, 6) is 0. The van der Waals surface area contributed by atoms with Gasteiger partial charge in [-0.05, 0) is 25.3 Å². The van der Waals surface area contributed by atoms with E-state index in [2.05, 4.69) is 50.3 Å². The van der Waals surface area contributed by atoms with Crippen LogP contribution in [0.5, 0.6) is 0 Å². The number of rotatable bonds is 4. The third-order valence-corrected chi connectivity index (χ3v) is 2.17. The fourth-order valence-corrected chi connectivity index (χ4v) is 1.40. The van der Waals surface area contributed by atoms with Crippen LogP contribution in [0.3, 0.4) is 0 Å². The Morgan fingerprint density at radius 1 is 1.23 bits per heavy atom. The van der Waals surface area contributed by atoms with Gasteiger partial charge in [0, 0.05) is 0 Å². The Bertz CT molecular complexity index is 257. The van der Waals surface area contributed by atoms with Crippen LogP contribution in [-0.4, -0.2) is 0 Å². The summed E-state index contributed by atoms with van der Waals surface area (Å²) in [6, 6.07) is 10.6. The quantitative estimate of drug-likeness (QED) is 0.606. The third-order valence-electron chi connectivity index (χ3n) is 2.17. The van der Waals surface area contributed by atoms with Crippen molar-refractivity contribution >= 4 is 0 Å². The van der Waals surface area contributed by atoms with Gasteiger partial charge in [-0.3, -0.25) is 0 Å². The van der Waals surface area contributed by atoms with Gasteiger partial charge in [0.15, 0.2) is 0 Å². The summed E-state index contributed by atoms with van der Waals surface area (Å²) in [4.78, 5) is 0. The third kappa shape index (κ3) is 3.93. The molecule has 0 spiro atoms. The zero-order chi connectivity index (χ0) is 9.52. The molecule has 0 atom stereocenters. The molecule has 0 fully saturated rings. The highest BCUT2D eigenvalue weighted by molar-refractivity contribution is 5.18. The van der Waals surface area contributed by atoms with Crippen molar-refractivity contribution in [2.24, 2.45) is 0 Å². The van der Waals surface area contributed by atoms with Gasteiger partial charge < -0.3 is 0 Å². The van der Waals surface area contributed by atoms with Crippen molar-refractivity contribution in [2.45, 2.75) is 33.1 Å². The lowest BCUT2D eigenvalue weighted by Gasteiger charge is -1.98. The summed E-state index contributed by atoms with van der Waals surface area (Å²) in [7, 11) is 0. The summed E-state index contributed by atoms with van der Waals surface area (Å²) >= 11 is 0. The van der Waals surface area contributed by atoms with Gasteiger partial charge in [0.2, 0.25) is 0 Å². The van der Waals surface area contributed by atoms with Gasteiger partial charge in [0.1, 0.15) is 0 Å². The maximum Gasteiger partial charge on any atom is -0.00949 e. The van der Waals surface area contributed by atoms with E-state index in [1.807, 2.05) is 0 Å². The van der Waals surface area contributed by atoms with Gasteiger partial charge in [0.25, 0.3) is 0 Å². The first kappa shape index (κ1) is 10.0. The van der Waals surface area contributed by atoms with Crippen LogP contribution in [0.15, 0.2) is 42.0 Å². The van der Waals surface area contributed by atoms with Gasteiger partial charge in [0.05, 0.1) is 0 Å². The van der Waals surface area contributed by atoms with Crippen LogP contribution < -0.4 is 0 Å². The molecule has 0 heteroatoms. The average molecular weight is 174 g/mol. The highest BCUT2D eigenvalue weighted by Gasteiger charge is 1.89. The normalized spacial score (nSPS) is 11.7. The van der Waals surface area contributed by atoms with Crippen molar-refractivity contribution < 1.29 is 0 Å². The number of hydrogen-bond donors (Lipinski definition) is 0. The largest absolute Gasteiger partial charge is 0.0812 e. The first-order chi connectivity index (χ1) is 6.33. The Kier molecular flexibility index (Phi) is 4.31. The lowest BCUT2D eigenvalue weighted by Crippen LogP contribution is -1.82. The molecule has 1 aromatic carbocycles. The smallest absolute Gasteiger partial charge is 0.00949 e. The minimum absolute atomic E-state index is 1.08. The van der Waals surface area contributed by atoms with E-state index in [9.17, 15) is 0 Å².